The molecule has 0 spiro atoms. The lowest BCUT2D eigenvalue weighted by Gasteiger charge is -2.24. The summed E-state index contributed by atoms with van der Waals surface area (Å²) in [6.07, 6.45) is 29.0. The van der Waals surface area contributed by atoms with Gasteiger partial charge in [-0.3, -0.25) is 18.6 Å². The summed E-state index contributed by atoms with van der Waals surface area (Å²) < 4.78 is 40.5. The number of aliphatic hydroxyl groups is 1. The number of ether oxygens (including phenoxy) is 2. The van der Waals surface area contributed by atoms with Gasteiger partial charge < -0.3 is 28.4 Å². The van der Waals surface area contributed by atoms with E-state index >= 15 is 0 Å². The molecular weight excluding hydrogens is 757 g/mol. The van der Waals surface area contributed by atoms with E-state index in [-0.39, 0.29) is 26.1 Å². The van der Waals surface area contributed by atoms with Crippen LogP contribution < -0.4 is 0 Å². The van der Waals surface area contributed by atoms with Crippen molar-refractivity contribution in [3.05, 3.63) is 59.1 Å². The summed E-state index contributed by atoms with van der Waals surface area (Å²) in [4.78, 5) is 35.5. The molecule has 0 radical (unpaired) electrons. The monoisotopic (exact) mass is 839 g/mol. The first-order valence-corrected chi connectivity index (χ1v) is 23.7. The van der Waals surface area contributed by atoms with Crippen molar-refractivity contribution in [2.75, 3.05) is 47.5 Å². The van der Waals surface area contributed by atoms with Crippen LogP contribution in [0.2, 0.25) is 0 Å². The summed E-state index contributed by atoms with van der Waals surface area (Å²) in [6.45, 7) is 8.41. The summed E-state index contributed by atoms with van der Waals surface area (Å²) in [5, 5.41) is 10.2. The Hall–Kier alpha value is -2.53. The maximum atomic E-state index is 12.8. The number of aryl methyl sites for hydroxylation is 2. The SMILES string of the molecule is CC/C=C/C/C=C/C=C/C(O)CCCCCCCC(=O)OC[C@H](COP(=O)(O)OCC[N+](C)(C)C)OC(=O)CCCCCCCCc1oc(CCCCC)c(C)c1C. The number of hydrogen-bond donors (Lipinski definition) is 2. The molecule has 1 heterocycles. The average molecular weight is 839 g/mol. The Balaban J connectivity index is 2.43. The zero-order chi connectivity index (χ0) is 43.1. The van der Waals surface area contributed by atoms with E-state index in [2.05, 4.69) is 45.9 Å². The van der Waals surface area contributed by atoms with Gasteiger partial charge in [0.25, 0.3) is 0 Å². The fourth-order valence-corrected chi connectivity index (χ4v) is 6.94. The zero-order valence-electron chi connectivity index (χ0n) is 37.4. The van der Waals surface area contributed by atoms with Crippen molar-refractivity contribution >= 4 is 19.8 Å². The van der Waals surface area contributed by atoms with Crippen molar-refractivity contribution in [2.45, 2.75) is 175 Å². The van der Waals surface area contributed by atoms with Gasteiger partial charge in [-0.25, -0.2) is 4.57 Å². The molecule has 0 aliphatic heterocycles. The number of rotatable bonds is 36. The number of carbonyl (C=O) groups is 2. The molecule has 2 N–H and O–H groups in total. The summed E-state index contributed by atoms with van der Waals surface area (Å²) >= 11 is 0. The lowest BCUT2D eigenvalue weighted by Crippen LogP contribution is -2.37. The number of nitrogens with zero attached hydrogens (tertiary/aromatic N) is 1. The topological polar surface area (TPSA) is 142 Å². The van der Waals surface area contributed by atoms with Crippen LogP contribution in [0, 0.1) is 13.8 Å². The fourth-order valence-electron chi connectivity index (χ4n) is 6.20. The van der Waals surface area contributed by atoms with Crippen LogP contribution in [0.3, 0.4) is 0 Å². The van der Waals surface area contributed by atoms with Gasteiger partial charge in [-0.05, 0) is 69.9 Å². The molecule has 3 atom stereocenters. The number of furan rings is 1. The predicted molar refractivity (Wildman–Crippen MR) is 234 cm³/mol. The van der Waals surface area contributed by atoms with Crippen molar-refractivity contribution in [1.29, 1.82) is 0 Å². The van der Waals surface area contributed by atoms with E-state index < -0.39 is 38.6 Å². The third-order valence-corrected chi connectivity index (χ3v) is 11.0. The largest absolute Gasteiger partial charge is 0.472 e. The average Bonchev–Trinajstić information content (AvgIpc) is 3.43. The van der Waals surface area contributed by atoms with Gasteiger partial charge in [0.2, 0.25) is 0 Å². The van der Waals surface area contributed by atoms with Gasteiger partial charge in [-0.1, -0.05) is 115 Å². The van der Waals surface area contributed by atoms with Crippen LogP contribution >= 0.6 is 7.82 Å². The van der Waals surface area contributed by atoms with Crippen molar-refractivity contribution in [1.82, 2.24) is 0 Å². The Bertz CT molecular complexity index is 1380. The maximum Gasteiger partial charge on any atom is 0.472 e. The van der Waals surface area contributed by atoms with Gasteiger partial charge in [-0.2, -0.15) is 0 Å². The Morgan fingerprint density at radius 3 is 1.95 bits per heavy atom. The highest BCUT2D eigenvalue weighted by molar-refractivity contribution is 7.47. The highest BCUT2D eigenvalue weighted by Gasteiger charge is 2.27. The normalized spacial score (nSPS) is 14.4. The number of unbranched alkanes of at least 4 members (excludes halogenated alkanes) is 11. The van der Waals surface area contributed by atoms with E-state index in [1.807, 2.05) is 39.4 Å². The Kier molecular flexibility index (Phi) is 29.8. The van der Waals surface area contributed by atoms with Gasteiger partial charge in [0, 0.05) is 25.7 Å². The van der Waals surface area contributed by atoms with Crippen LogP contribution in [-0.2, 0) is 45.5 Å². The number of allylic oxidation sites excluding steroid dienone is 5. The molecule has 0 saturated heterocycles. The third kappa shape index (κ3) is 28.8. The smallest absolute Gasteiger partial charge is 0.466 e. The molecule has 0 aromatic carbocycles. The van der Waals surface area contributed by atoms with Gasteiger partial charge >= 0.3 is 19.8 Å². The van der Waals surface area contributed by atoms with E-state index in [9.17, 15) is 24.2 Å². The quantitative estimate of drug-likeness (QED) is 0.0167. The van der Waals surface area contributed by atoms with E-state index in [4.69, 9.17) is 22.9 Å². The maximum absolute atomic E-state index is 12.8. The molecule has 1 aromatic heterocycles. The van der Waals surface area contributed by atoms with E-state index in [0.717, 1.165) is 95.0 Å². The number of carbonyl (C=O) groups excluding carboxylic acids is 2. The van der Waals surface area contributed by atoms with Crippen molar-refractivity contribution in [2.24, 2.45) is 0 Å². The minimum Gasteiger partial charge on any atom is -0.466 e. The summed E-state index contributed by atoms with van der Waals surface area (Å²) in [7, 11) is 1.39. The second kappa shape index (κ2) is 32.3. The van der Waals surface area contributed by atoms with Crippen LogP contribution in [-0.4, -0.2) is 86.1 Å². The molecule has 334 valence electrons. The molecule has 1 aromatic rings. The summed E-state index contributed by atoms with van der Waals surface area (Å²) in [6, 6.07) is 0. The molecule has 2 unspecified atom stereocenters. The highest BCUT2D eigenvalue weighted by atomic mass is 31.2. The van der Waals surface area contributed by atoms with Crippen LogP contribution in [0.4, 0.5) is 0 Å². The van der Waals surface area contributed by atoms with E-state index in [1.165, 1.54) is 30.4 Å². The van der Waals surface area contributed by atoms with Gasteiger partial charge in [0.15, 0.2) is 6.10 Å². The molecule has 0 amide bonds. The molecule has 12 heteroatoms. The minimum absolute atomic E-state index is 0.00554. The van der Waals surface area contributed by atoms with Crippen LogP contribution in [0.15, 0.2) is 40.9 Å². The third-order valence-electron chi connectivity index (χ3n) is 9.99. The fraction of sp³-hybridized carbons (Fsp3) is 0.739. The minimum atomic E-state index is -4.42. The molecule has 0 aliphatic rings. The predicted octanol–water partition coefficient (Wildman–Crippen LogP) is 10.8. The second-order valence-corrected chi connectivity index (χ2v) is 17.9. The molecular formula is C46H81NO10P+. The molecule has 58 heavy (non-hydrogen) atoms. The molecule has 11 nitrogen and oxygen atoms in total. The molecule has 0 bridgehead atoms. The van der Waals surface area contributed by atoms with Crippen molar-refractivity contribution in [3.8, 4) is 0 Å². The number of phosphoric ester groups is 1. The van der Waals surface area contributed by atoms with Crippen molar-refractivity contribution in [3.63, 3.8) is 0 Å². The first-order valence-electron chi connectivity index (χ1n) is 22.2. The first-order chi connectivity index (χ1) is 27.7. The van der Waals surface area contributed by atoms with Gasteiger partial charge in [-0.15, -0.1) is 0 Å². The van der Waals surface area contributed by atoms with Crippen molar-refractivity contribution < 1.29 is 51.6 Å². The number of quaternary nitrogens is 1. The number of phosphoric acid groups is 1. The number of likely N-dealkylation sites (N-methyl/N-ethyl adjacent to an activating group) is 1. The van der Waals surface area contributed by atoms with E-state index in [1.54, 1.807) is 0 Å². The lowest BCUT2D eigenvalue weighted by molar-refractivity contribution is -0.870. The summed E-state index contributed by atoms with van der Waals surface area (Å²) in [5.74, 6) is 1.35. The molecule has 0 fully saturated rings. The van der Waals surface area contributed by atoms with Crippen LogP contribution in [0.5, 0.6) is 0 Å². The Labute approximate surface area is 351 Å². The number of esters is 2. The van der Waals surface area contributed by atoms with Crippen LogP contribution in [0.25, 0.3) is 0 Å². The molecule has 0 saturated carbocycles. The second-order valence-electron chi connectivity index (χ2n) is 16.5. The van der Waals surface area contributed by atoms with Crippen LogP contribution in [0.1, 0.15) is 158 Å². The molecule has 0 aliphatic carbocycles. The van der Waals surface area contributed by atoms with Gasteiger partial charge in [0.05, 0.1) is 33.9 Å². The standard InChI is InChI=1S/C46H80NO10P/c1-8-10-12-13-14-18-24-29-41(48)30-25-19-17-22-27-33-45(49)53-37-42(38-55-58(51,52)54-36-35-47(5,6)7)56-46(50)34-28-21-16-15-20-26-32-44-40(4)39(3)43(57-44)31-23-11-9-2/h10,12,14,18,24,29,41-42,48H,8-9,11,13,15-17,19-23,25-28,30-38H2,1-7H3/p+1/b12-10+,18-14+,29-24+/t41?,42-/m1/s1. The summed E-state index contributed by atoms with van der Waals surface area (Å²) in [5.41, 5.74) is 2.59. The number of hydrogen-bond acceptors (Lipinski definition) is 9. The van der Waals surface area contributed by atoms with E-state index in [0.29, 0.717) is 30.3 Å². The number of aliphatic hydroxyl groups excluding tert-OH is 1. The van der Waals surface area contributed by atoms with Gasteiger partial charge in [0.1, 0.15) is 31.3 Å². The Morgan fingerprint density at radius 2 is 1.33 bits per heavy atom. The Morgan fingerprint density at radius 1 is 0.741 bits per heavy atom. The molecule has 1 rings (SSSR count). The first kappa shape index (κ1) is 53.5. The zero-order valence-corrected chi connectivity index (χ0v) is 38.2. The highest BCUT2D eigenvalue weighted by Crippen LogP contribution is 2.43. The lowest BCUT2D eigenvalue weighted by atomic mass is 10.0.